The molecule has 0 radical (unpaired) electrons. The van der Waals surface area contributed by atoms with Gasteiger partial charge in [0.1, 0.15) is 5.82 Å². The average Bonchev–Trinajstić information content (AvgIpc) is 3.01. The highest BCUT2D eigenvalue weighted by molar-refractivity contribution is 5.86. The minimum absolute atomic E-state index is 0.0613. The van der Waals surface area contributed by atoms with E-state index in [1.54, 1.807) is 17.2 Å². The van der Waals surface area contributed by atoms with E-state index in [0.29, 0.717) is 26.1 Å². The van der Waals surface area contributed by atoms with Crippen LogP contribution in [0.2, 0.25) is 0 Å². The average molecular weight is 394 g/mol. The minimum atomic E-state index is -0.495. The second-order valence-corrected chi connectivity index (χ2v) is 7.46. The van der Waals surface area contributed by atoms with E-state index in [1.807, 2.05) is 19.1 Å². The van der Waals surface area contributed by atoms with Crippen molar-refractivity contribution in [2.45, 2.75) is 32.7 Å². The van der Waals surface area contributed by atoms with E-state index in [4.69, 9.17) is 0 Å². The van der Waals surface area contributed by atoms with Crippen molar-refractivity contribution in [2.75, 3.05) is 13.1 Å². The number of aryl methyl sites for hydroxylation is 1. The largest absolute Gasteiger partial charge is 0.358 e. The lowest BCUT2D eigenvalue weighted by Crippen LogP contribution is -2.43. The van der Waals surface area contributed by atoms with E-state index < -0.39 is 5.92 Å². The topological polar surface area (TPSA) is 78.1 Å². The number of pyridine rings is 1. The van der Waals surface area contributed by atoms with Gasteiger partial charge < -0.3 is 15.2 Å². The van der Waals surface area contributed by atoms with Crippen LogP contribution < -0.4 is 5.32 Å². The number of aromatic nitrogens is 2. The third-order valence-corrected chi connectivity index (χ3v) is 5.54. The maximum Gasteiger partial charge on any atom is 0.230 e. The first-order valence-electron chi connectivity index (χ1n) is 9.67. The van der Waals surface area contributed by atoms with Crippen LogP contribution in [0.3, 0.4) is 0 Å². The van der Waals surface area contributed by atoms with Gasteiger partial charge >= 0.3 is 0 Å². The van der Waals surface area contributed by atoms with Crippen LogP contribution in [-0.4, -0.2) is 39.8 Å². The monoisotopic (exact) mass is 394 g/mol. The molecule has 1 atom stereocenters. The van der Waals surface area contributed by atoms with Gasteiger partial charge in [-0.15, -0.1) is 0 Å². The Morgan fingerprint density at radius 1 is 1.34 bits per heavy atom. The van der Waals surface area contributed by atoms with E-state index in [9.17, 15) is 14.0 Å². The number of fused-ring (bicyclic) bond motifs is 2. The summed E-state index contributed by atoms with van der Waals surface area (Å²) in [6, 6.07) is 8.39. The fourth-order valence-corrected chi connectivity index (χ4v) is 4.03. The van der Waals surface area contributed by atoms with Gasteiger partial charge in [-0.2, -0.15) is 0 Å². The van der Waals surface area contributed by atoms with Crippen LogP contribution in [-0.2, 0) is 22.6 Å². The maximum atomic E-state index is 13.6. The molecule has 1 unspecified atom stereocenters. The first-order valence-corrected chi connectivity index (χ1v) is 9.67. The SMILES string of the molecule is CC(=O)N1Cc2cccnc2C(C(=O)NCCc2c(C)[nH]c3ccc(F)cc23)C1. The summed E-state index contributed by atoms with van der Waals surface area (Å²) in [7, 11) is 0. The quantitative estimate of drug-likeness (QED) is 0.714. The van der Waals surface area contributed by atoms with E-state index in [-0.39, 0.29) is 17.6 Å². The zero-order valence-corrected chi connectivity index (χ0v) is 16.5. The molecule has 1 aromatic carbocycles. The number of hydrogen-bond donors (Lipinski definition) is 2. The van der Waals surface area contributed by atoms with Crippen LogP contribution in [0.4, 0.5) is 4.39 Å². The van der Waals surface area contributed by atoms with E-state index in [1.165, 1.54) is 19.1 Å². The maximum absolute atomic E-state index is 13.6. The van der Waals surface area contributed by atoms with Gasteiger partial charge in [-0.25, -0.2) is 4.39 Å². The number of H-pyrrole nitrogens is 1. The number of halogens is 1. The zero-order chi connectivity index (χ0) is 20.5. The first-order chi connectivity index (χ1) is 13.9. The van der Waals surface area contributed by atoms with Crippen molar-refractivity contribution in [1.82, 2.24) is 20.2 Å². The Morgan fingerprint density at radius 3 is 2.97 bits per heavy atom. The number of aromatic amines is 1. The summed E-state index contributed by atoms with van der Waals surface area (Å²) in [6.07, 6.45) is 2.26. The van der Waals surface area contributed by atoms with Crippen LogP contribution >= 0.6 is 0 Å². The van der Waals surface area contributed by atoms with Crippen molar-refractivity contribution in [3.8, 4) is 0 Å². The van der Waals surface area contributed by atoms with Gasteiger partial charge in [-0.05, 0) is 48.7 Å². The lowest BCUT2D eigenvalue weighted by Gasteiger charge is -2.32. The summed E-state index contributed by atoms with van der Waals surface area (Å²) < 4.78 is 13.6. The standard InChI is InChI=1S/C22H23FN4O2/c1-13-17(18-10-16(23)5-6-20(18)26-13)7-9-25-22(29)19-12-27(14(2)28)11-15-4-3-8-24-21(15)19/h3-6,8,10,19,26H,7,9,11-12H2,1-2H3,(H,25,29). The van der Waals surface area contributed by atoms with Crippen molar-refractivity contribution < 1.29 is 14.0 Å². The lowest BCUT2D eigenvalue weighted by molar-refractivity contribution is -0.131. The van der Waals surface area contributed by atoms with Crippen molar-refractivity contribution in [1.29, 1.82) is 0 Å². The Balaban J connectivity index is 1.48. The molecule has 0 saturated heterocycles. The number of amides is 2. The minimum Gasteiger partial charge on any atom is -0.358 e. The fourth-order valence-electron chi connectivity index (χ4n) is 4.03. The second-order valence-electron chi connectivity index (χ2n) is 7.46. The fraction of sp³-hybridized carbons (Fsp3) is 0.318. The van der Waals surface area contributed by atoms with Crippen LogP contribution in [0.25, 0.3) is 10.9 Å². The summed E-state index contributed by atoms with van der Waals surface area (Å²) in [5.41, 5.74) is 4.47. The molecule has 150 valence electrons. The summed E-state index contributed by atoms with van der Waals surface area (Å²) in [6.45, 7) is 4.67. The number of hydrogen-bond acceptors (Lipinski definition) is 3. The van der Waals surface area contributed by atoms with Crippen LogP contribution in [0.1, 0.15) is 35.4 Å². The number of nitrogens with zero attached hydrogens (tertiary/aromatic N) is 2. The Morgan fingerprint density at radius 2 is 2.17 bits per heavy atom. The van der Waals surface area contributed by atoms with Crippen LogP contribution in [0, 0.1) is 12.7 Å². The Bertz CT molecular complexity index is 1090. The third kappa shape index (κ3) is 3.72. The molecule has 3 aromatic rings. The Labute approximate surface area is 168 Å². The molecule has 6 nitrogen and oxygen atoms in total. The van der Waals surface area contributed by atoms with Gasteiger partial charge in [-0.3, -0.25) is 14.6 Å². The highest BCUT2D eigenvalue weighted by Gasteiger charge is 2.32. The molecular weight excluding hydrogens is 371 g/mol. The van der Waals surface area contributed by atoms with Gasteiger partial charge in [0.2, 0.25) is 11.8 Å². The molecule has 7 heteroatoms. The molecule has 0 spiro atoms. The summed E-state index contributed by atoms with van der Waals surface area (Å²) in [5.74, 6) is -0.991. The molecule has 1 aliphatic heterocycles. The molecule has 29 heavy (non-hydrogen) atoms. The molecule has 3 heterocycles. The lowest BCUT2D eigenvalue weighted by atomic mass is 9.93. The van der Waals surface area contributed by atoms with E-state index >= 15 is 0 Å². The Kier molecular flexibility index (Phi) is 5.05. The molecule has 0 fully saturated rings. The number of rotatable bonds is 4. The van der Waals surface area contributed by atoms with Crippen molar-refractivity contribution in [3.63, 3.8) is 0 Å². The van der Waals surface area contributed by atoms with E-state index in [0.717, 1.165) is 33.4 Å². The van der Waals surface area contributed by atoms with Crippen LogP contribution in [0.15, 0.2) is 36.5 Å². The summed E-state index contributed by atoms with van der Waals surface area (Å²) >= 11 is 0. The highest BCUT2D eigenvalue weighted by atomic mass is 19.1. The molecule has 0 aliphatic carbocycles. The predicted molar refractivity (Wildman–Crippen MR) is 108 cm³/mol. The number of carbonyl (C=O) groups is 2. The molecule has 0 bridgehead atoms. The zero-order valence-electron chi connectivity index (χ0n) is 16.5. The van der Waals surface area contributed by atoms with Gasteiger partial charge in [0.05, 0.1) is 11.6 Å². The third-order valence-electron chi connectivity index (χ3n) is 5.54. The molecule has 2 aromatic heterocycles. The Hall–Kier alpha value is -3.22. The number of nitrogens with one attached hydrogen (secondary N) is 2. The van der Waals surface area contributed by atoms with Gasteiger partial charge in [-0.1, -0.05) is 6.07 Å². The van der Waals surface area contributed by atoms with Crippen molar-refractivity contribution >= 4 is 22.7 Å². The number of carbonyl (C=O) groups excluding carboxylic acids is 2. The summed E-state index contributed by atoms with van der Waals surface area (Å²) in [4.78, 5) is 34.1. The van der Waals surface area contributed by atoms with Gasteiger partial charge in [0.25, 0.3) is 0 Å². The van der Waals surface area contributed by atoms with Gasteiger partial charge in [0.15, 0.2) is 0 Å². The van der Waals surface area contributed by atoms with E-state index in [2.05, 4.69) is 15.3 Å². The molecule has 2 amide bonds. The normalized spacial score (nSPS) is 16.0. The van der Waals surface area contributed by atoms with Crippen molar-refractivity contribution in [3.05, 3.63) is 64.9 Å². The molecule has 1 aliphatic rings. The summed E-state index contributed by atoms with van der Waals surface area (Å²) in [5, 5.41) is 3.81. The first kappa shape index (κ1) is 19.1. The highest BCUT2D eigenvalue weighted by Crippen LogP contribution is 2.27. The molecular formula is C22H23FN4O2. The molecule has 0 saturated carbocycles. The molecule has 4 rings (SSSR count). The van der Waals surface area contributed by atoms with Crippen LogP contribution in [0.5, 0.6) is 0 Å². The molecule has 2 N–H and O–H groups in total. The second kappa shape index (κ2) is 7.66. The van der Waals surface area contributed by atoms with Gasteiger partial charge in [0, 0.05) is 49.4 Å². The number of benzene rings is 1. The van der Waals surface area contributed by atoms with Crippen molar-refractivity contribution in [2.24, 2.45) is 0 Å². The smallest absolute Gasteiger partial charge is 0.230 e. The predicted octanol–water partition coefficient (Wildman–Crippen LogP) is 2.82.